The van der Waals surface area contributed by atoms with Crippen molar-refractivity contribution in [1.29, 1.82) is 0 Å². The number of benzene rings is 1. The minimum Gasteiger partial charge on any atom is -0.374 e. The van der Waals surface area contributed by atoms with Crippen molar-refractivity contribution in [3.63, 3.8) is 0 Å². The van der Waals surface area contributed by atoms with Gasteiger partial charge in [0.1, 0.15) is 5.82 Å². The number of nitrogens with two attached hydrogens (primary N) is 1. The van der Waals surface area contributed by atoms with Crippen LogP contribution in [0.15, 0.2) is 22.7 Å². The van der Waals surface area contributed by atoms with E-state index in [4.69, 9.17) is 5.73 Å². The topological polar surface area (TPSA) is 55.1 Å². The van der Waals surface area contributed by atoms with Crippen LogP contribution in [0.1, 0.15) is 0 Å². The maximum absolute atomic E-state index is 13.1. The molecule has 1 aromatic carbocycles. The summed E-state index contributed by atoms with van der Waals surface area (Å²) in [7, 11) is 0. The first-order valence-electron chi connectivity index (χ1n) is 3.57. The van der Waals surface area contributed by atoms with Crippen molar-refractivity contribution in [3.05, 3.63) is 28.5 Å². The number of hydrogen-bond donors (Lipinski definition) is 2. The number of rotatable bonds is 3. The second-order valence-corrected chi connectivity index (χ2v) is 3.36. The first-order valence-corrected chi connectivity index (χ1v) is 4.36. The number of hydrogen-bond acceptors (Lipinski definition) is 2. The van der Waals surface area contributed by atoms with E-state index in [1.54, 1.807) is 6.07 Å². The number of carbonyl (C=O) groups is 1. The Morgan fingerprint density at radius 3 is 2.85 bits per heavy atom. The zero-order valence-electron chi connectivity index (χ0n) is 6.68. The lowest BCUT2D eigenvalue weighted by Crippen LogP contribution is -2.22. The zero-order chi connectivity index (χ0) is 9.84. The van der Waals surface area contributed by atoms with E-state index >= 15 is 0 Å². The maximum atomic E-state index is 13.1. The van der Waals surface area contributed by atoms with Crippen LogP contribution in [0.5, 0.6) is 0 Å². The van der Waals surface area contributed by atoms with Crippen molar-refractivity contribution in [2.24, 2.45) is 5.73 Å². The van der Waals surface area contributed by atoms with Gasteiger partial charge in [0.05, 0.1) is 12.2 Å². The fourth-order valence-corrected chi connectivity index (χ4v) is 1.15. The molecule has 3 nitrogen and oxygen atoms in total. The second-order valence-electron chi connectivity index (χ2n) is 2.44. The molecule has 0 bridgehead atoms. The monoisotopic (exact) mass is 246 g/mol. The SMILES string of the molecule is NC(=O)CNc1ccc(Br)cc1F. The van der Waals surface area contributed by atoms with E-state index in [-0.39, 0.29) is 12.2 Å². The predicted molar refractivity (Wildman–Crippen MR) is 51.8 cm³/mol. The lowest BCUT2D eigenvalue weighted by Gasteiger charge is -2.04. The molecule has 3 N–H and O–H groups in total. The van der Waals surface area contributed by atoms with Gasteiger partial charge in [0.15, 0.2) is 0 Å². The Balaban J connectivity index is 2.72. The van der Waals surface area contributed by atoms with Gasteiger partial charge in [-0.05, 0) is 18.2 Å². The van der Waals surface area contributed by atoms with Crippen molar-refractivity contribution in [2.45, 2.75) is 0 Å². The molecule has 0 radical (unpaired) electrons. The highest BCUT2D eigenvalue weighted by atomic mass is 79.9. The number of primary amides is 1. The van der Waals surface area contributed by atoms with Gasteiger partial charge < -0.3 is 11.1 Å². The Morgan fingerprint density at radius 2 is 2.31 bits per heavy atom. The van der Waals surface area contributed by atoms with Crippen molar-refractivity contribution in [1.82, 2.24) is 0 Å². The summed E-state index contributed by atoms with van der Waals surface area (Å²) in [6, 6.07) is 4.51. The first kappa shape index (κ1) is 9.98. The molecule has 0 aliphatic heterocycles. The molecule has 5 heteroatoms. The Hall–Kier alpha value is -1.10. The van der Waals surface area contributed by atoms with Gasteiger partial charge in [0.25, 0.3) is 0 Å². The first-order chi connectivity index (χ1) is 6.09. The Labute approximate surface area is 83.2 Å². The summed E-state index contributed by atoms with van der Waals surface area (Å²) in [5.41, 5.74) is 5.15. The fraction of sp³-hybridized carbons (Fsp3) is 0.125. The number of carbonyl (C=O) groups excluding carboxylic acids is 1. The molecule has 1 rings (SSSR count). The van der Waals surface area contributed by atoms with Gasteiger partial charge in [0.2, 0.25) is 5.91 Å². The molecule has 0 spiro atoms. The predicted octanol–water partition coefficient (Wildman–Crippen LogP) is 1.49. The summed E-state index contributed by atoms with van der Waals surface area (Å²) >= 11 is 3.12. The van der Waals surface area contributed by atoms with Gasteiger partial charge in [-0.2, -0.15) is 0 Å². The molecule has 13 heavy (non-hydrogen) atoms. The number of amides is 1. The second kappa shape index (κ2) is 4.23. The van der Waals surface area contributed by atoms with Gasteiger partial charge in [0, 0.05) is 4.47 Å². The van der Waals surface area contributed by atoms with E-state index < -0.39 is 11.7 Å². The van der Waals surface area contributed by atoms with Crippen LogP contribution in [0.3, 0.4) is 0 Å². The molecule has 0 saturated carbocycles. The fourth-order valence-electron chi connectivity index (χ4n) is 0.815. The highest BCUT2D eigenvalue weighted by Gasteiger charge is 2.02. The van der Waals surface area contributed by atoms with Crippen LogP contribution in [-0.2, 0) is 4.79 Å². The molecule has 1 amide bonds. The molecule has 70 valence electrons. The summed E-state index contributed by atoms with van der Waals surface area (Å²) in [6.45, 7) is -0.0709. The molecule has 0 fully saturated rings. The van der Waals surface area contributed by atoms with Crippen LogP contribution >= 0.6 is 15.9 Å². The van der Waals surface area contributed by atoms with Gasteiger partial charge in [-0.15, -0.1) is 0 Å². The normalized spacial score (nSPS) is 9.69. The molecule has 0 heterocycles. The third kappa shape index (κ3) is 3.02. The third-order valence-corrected chi connectivity index (χ3v) is 1.88. The van der Waals surface area contributed by atoms with Crippen LogP contribution < -0.4 is 11.1 Å². The Kier molecular flexibility index (Phi) is 3.25. The highest BCUT2D eigenvalue weighted by molar-refractivity contribution is 9.10. The lowest BCUT2D eigenvalue weighted by atomic mass is 10.3. The summed E-state index contributed by atoms with van der Waals surface area (Å²) in [6.07, 6.45) is 0. The highest BCUT2D eigenvalue weighted by Crippen LogP contribution is 2.18. The van der Waals surface area contributed by atoms with E-state index in [2.05, 4.69) is 21.2 Å². The van der Waals surface area contributed by atoms with Crippen LogP contribution in [0.25, 0.3) is 0 Å². The summed E-state index contributed by atoms with van der Waals surface area (Å²) in [5, 5.41) is 2.57. The molecule has 0 atom stereocenters. The number of nitrogens with one attached hydrogen (secondary N) is 1. The van der Waals surface area contributed by atoms with Crippen molar-refractivity contribution in [2.75, 3.05) is 11.9 Å². The molecule has 0 aliphatic carbocycles. The zero-order valence-corrected chi connectivity index (χ0v) is 8.27. The van der Waals surface area contributed by atoms with E-state index in [0.29, 0.717) is 4.47 Å². The largest absolute Gasteiger partial charge is 0.374 e. The summed E-state index contributed by atoms with van der Waals surface area (Å²) < 4.78 is 13.7. The van der Waals surface area contributed by atoms with Gasteiger partial charge in [-0.3, -0.25) is 4.79 Å². The van der Waals surface area contributed by atoms with Crippen LogP contribution in [0.4, 0.5) is 10.1 Å². The quantitative estimate of drug-likeness (QED) is 0.850. The number of halogens is 2. The Bertz CT molecular complexity index is 330. The van der Waals surface area contributed by atoms with E-state index in [9.17, 15) is 9.18 Å². The Morgan fingerprint density at radius 1 is 1.62 bits per heavy atom. The maximum Gasteiger partial charge on any atom is 0.236 e. The molecular formula is C8H8BrFN2O. The van der Waals surface area contributed by atoms with Crippen LogP contribution in [-0.4, -0.2) is 12.5 Å². The third-order valence-electron chi connectivity index (χ3n) is 1.38. The average Bonchev–Trinajstić information content (AvgIpc) is 2.02. The van der Waals surface area contributed by atoms with Gasteiger partial charge >= 0.3 is 0 Å². The van der Waals surface area contributed by atoms with E-state index in [1.165, 1.54) is 12.1 Å². The van der Waals surface area contributed by atoms with Gasteiger partial charge in [-0.25, -0.2) is 4.39 Å². The molecule has 0 saturated heterocycles. The van der Waals surface area contributed by atoms with Crippen LogP contribution in [0, 0.1) is 5.82 Å². The van der Waals surface area contributed by atoms with E-state index in [1.807, 2.05) is 0 Å². The standard InChI is InChI=1S/C8H8BrFN2O/c9-5-1-2-7(6(10)3-5)12-4-8(11)13/h1-3,12H,4H2,(H2,11,13). The molecule has 0 aromatic heterocycles. The summed E-state index contributed by atoms with van der Waals surface area (Å²) in [4.78, 5) is 10.4. The minimum absolute atomic E-state index is 0.0709. The smallest absolute Gasteiger partial charge is 0.236 e. The molecule has 0 unspecified atom stereocenters. The number of anilines is 1. The minimum atomic E-state index is -0.526. The molecule has 1 aromatic rings. The van der Waals surface area contributed by atoms with Gasteiger partial charge in [-0.1, -0.05) is 15.9 Å². The molecule has 0 aliphatic rings. The summed E-state index contributed by atoms with van der Waals surface area (Å²) in [5.74, 6) is -0.946. The van der Waals surface area contributed by atoms with Crippen molar-refractivity contribution >= 4 is 27.5 Å². The van der Waals surface area contributed by atoms with E-state index in [0.717, 1.165) is 0 Å². The van der Waals surface area contributed by atoms with Crippen LogP contribution in [0.2, 0.25) is 0 Å². The lowest BCUT2D eigenvalue weighted by molar-refractivity contribution is -0.116. The van der Waals surface area contributed by atoms with Crippen molar-refractivity contribution in [3.8, 4) is 0 Å². The average molecular weight is 247 g/mol. The van der Waals surface area contributed by atoms with Crippen molar-refractivity contribution < 1.29 is 9.18 Å². The molecular weight excluding hydrogens is 239 g/mol.